The molecule has 2 aromatic heterocycles. The van der Waals surface area contributed by atoms with E-state index in [-0.39, 0.29) is 18.1 Å². The minimum absolute atomic E-state index is 0.0291. The van der Waals surface area contributed by atoms with Gasteiger partial charge in [0.2, 0.25) is 0 Å². The Bertz CT molecular complexity index is 975. The third kappa shape index (κ3) is 4.31. The second-order valence-electron chi connectivity index (χ2n) is 5.74. The molecule has 2 heterocycles. The molecule has 8 heteroatoms. The lowest BCUT2D eigenvalue weighted by Crippen LogP contribution is -2.22. The minimum Gasteiger partial charge on any atom is -0.364 e. The van der Waals surface area contributed by atoms with Crippen LogP contribution in [0.2, 0.25) is 0 Å². The summed E-state index contributed by atoms with van der Waals surface area (Å²) >= 11 is 0. The Hall–Kier alpha value is -3.65. The van der Waals surface area contributed by atoms with Crippen molar-refractivity contribution in [3.8, 4) is 11.3 Å². The van der Waals surface area contributed by atoms with Crippen LogP contribution in [0, 0.1) is 0 Å². The summed E-state index contributed by atoms with van der Waals surface area (Å²) in [6.45, 7) is 0.427. The fraction of sp³-hybridized carbons (Fsp3) is 0.105. The van der Waals surface area contributed by atoms with Crippen LogP contribution in [0.4, 0.5) is 0 Å². The predicted octanol–water partition coefficient (Wildman–Crippen LogP) is 1.03. The summed E-state index contributed by atoms with van der Waals surface area (Å²) in [7, 11) is 0. The third-order valence-corrected chi connectivity index (χ3v) is 3.87. The highest BCUT2D eigenvalue weighted by molar-refractivity contribution is 5.95. The van der Waals surface area contributed by atoms with Gasteiger partial charge >= 0.3 is 0 Å². The quantitative estimate of drug-likeness (QED) is 0.599. The van der Waals surface area contributed by atoms with Gasteiger partial charge in [0.15, 0.2) is 5.69 Å². The van der Waals surface area contributed by atoms with Crippen molar-refractivity contribution in [3.63, 3.8) is 0 Å². The van der Waals surface area contributed by atoms with Gasteiger partial charge in [0.05, 0.1) is 17.6 Å². The predicted molar refractivity (Wildman–Crippen MR) is 99.3 cm³/mol. The number of primary amides is 1. The number of hydrogen-bond acceptors (Lipinski definition) is 6. The molecular formula is C19H18N6O2. The van der Waals surface area contributed by atoms with Crippen LogP contribution in [0.25, 0.3) is 11.3 Å². The van der Waals surface area contributed by atoms with E-state index in [1.54, 1.807) is 36.7 Å². The number of nitrogens with two attached hydrogens (primary N) is 2. The van der Waals surface area contributed by atoms with Gasteiger partial charge in [-0.1, -0.05) is 18.2 Å². The standard InChI is InChI=1S/C19H18N6O2/c20-8-15-17(18(21)26)25-16(11-23-15)13-4-1-5-14(7-13)19(27)24-10-12-3-2-6-22-9-12/h1-7,9,11H,8,10,20H2,(H2,21,26)(H,24,27). The fourth-order valence-corrected chi connectivity index (χ4v) is 2.51. The Morgan fingerprint density at radius 1 is 1.11 bits per heavy atom. The first-order valence-corrected chi connectivity index (χ1v) is 8.22. The van der Waals surface area contributed by atoms with Gasteiger partial charge in [-0.2, -0.15) is 0 Å². The van der Waals surface area contributed by atoms with Crippen molar-refractivity contribution in [3.05, 3.63) is 77.5 Å². The molecule has 2 amide bonds. The maximum absolute atomic E-state index is 12.4. The molecule has 0 bridgehead atoms. The lowest BCUT2D eigenvalue weighted by molar-refractivity contribution is 0.0949. The molecule has 3 aromatic rings. The lowest BCUT2D eigenvalue weighted by Gasteiger charge is -2.09. The van der Waals surface area contributed by atoms with E-state index in [2.05, 4.69) is 20.3 Å². The van der Waals surface area contributed by atoms with Crippen LogP contribution < -0.4 is 16.8 Å². The fourth-order valence-electron chi connectivity index (χ4n) is 2.51. The second-order valence-corrected chi connectivity index (χ2v) is 5.74. The van der Waals surface area contributed by atoms with Crippen molar-refractivity contribution in [2.24, 2.45) is 11.5 Å². The molecule has 0 aliphatic rings. The van der Waals surface area contributed by atoms with Crippen LogP contribution >= 0.6 is 0 Å². The van der Waals surface area contributed by atoms with Gasteiger partial charge in [0, 0.05) is 36.6 Å². The third-order valence-electron chi connectivity index (χ3n) is 3.87. The van der Waals surface area contributed by atoms with Gasteiger partial charge in [0.1, 0.15) is 0 Å². The number of nitrogens with zero attached hydrogens (tertiary/aromatic N) is 3. The van der Waals surface area contributed by atoms with Crippen LogP contribution in [0.3, 0.4) is 0 Å². The Kier molecular flexibility index (Phi) is 5.48. The van der Waals surface area contributed by atoms with Gasteiger partial charge in [-0.3, -0.25) is 19.6 Å². The van der Waals surface area contributed by atoms with Crippen LogP contribution in [-0.2, 0) is 13.1 Å². The molecule has 5 N–H and O–H groups in total. The van der Waals surface area contributed by atoms with Crippen molar-refractivity contribution < 1.29 is 9.59 Å². The molecule has 0 fully saturated rings. The average molecular weight is 362 g/mol. The van der Waals surface area contributed by atoms with Crippen molar-refractivity contribution in [1.82, 2.24) is 20.3 Å². The highest BCUT2D eigenvalue weighted by Gasteiger charge is 2.14. The first kappa shape index (κ1) is 18.2. The molecule has 0 radical (unpaired) electrons. The zero-order valence-electron chi connectivity index (χ0n) is 14.4. The molecule has 8 nitrogen and oxygen atoms in total. The number of benzene rings is 1. The van der Waals surface area contributed by atoms with Crippen LogP contribution in [-0.4, -0.2) is 26.8 Å². The topological polar surface area (TPSA) is 137 Å². The Balaban J connectivity index is 1.82. The van der Waals surface area contributed by atoms with E-state index in [4.69, 9.17) is 11.5 Å². The first-order chi connectivity index (χ1) is 13.1. The van der Waals surface area contributed by atoms with Gasteiger partial charge < -0.3 is 16.8 Å². The Morgan fingerprint density at radius 3 is 2.67 bits per heavy atom. The molecule has 0 spiro atoms. The van der Waals surface area contributed by atoms with Gasteiger partial charge in [0.25, 0.3) is 11.8 Å². The summed E-state index contributed by atoms with van der Waals surface area (Å²) in [5.41, 5.74) is 13.7. The lowest BCUT2D eigenvalue weighted by atomic mass is 10.1. The van der Waals surface area contributed by atoms with E-state index in [1.807, 2.05) is 12.1 Å². The average Bonchev–Trinajstić information content (AvgIpc) is 2.72. The molecule has 0 aliphatic heterocycles. The molecule has 0 unspecified atom stereocenters. The van der Waals surface area contributed by atoms with E-state index < -0.39 is 5.91 Å². The van der Waals surface area contributed by atoms with Gasteiger partial charge in [-0.05, 0) is 23.8 Å². The van der Waals surface area contributed by atoms with Crippen LogP contribution in [0.1, 0.15) is 32.1 Å². The summed E-state index contributed by atoms with van der Waals surface area (Å²) in [6, 6.07) is 10.6. The smallest absolute Gasteiger partial charge is 0.269 e. The van der Waals surface area contributed by atoms with Crippen molar-refractivity contribution in [2.45, 2.75) is 13.1 Å². The largest absolute Gasteiger partial charge is 0.364 e. The normalized spacial score (nSPS) is 10.4. The van der Waals surface area contributed by atoms with Crippen molar-refractivity contribution in [2.75, 3.05) is 0 Å². The number of pyridine rings is 1. The molecule has 0 aliphatic carbocycles. The zero-order chi connectivity index (χ0) is 19.2. The number of hydrogen-bond donors (Lipinski definition) is 3. The van der Waals surface area contributed by atoms with Crippen LogP contribution in [0.5, 0.6) is 0 Å². The number of carbonyl (C=O) groups is 2. The molecule has 1 aromatic carbocycles. The highest BCUT2D eigenvalue weighted by Crippen LogP contribution is 2.19. The monoisotopic (exact) mass is 362 g/mol. The molecular weight excluding hydrogens is 344 g/mol. The second kappa shape index (κ2) is 8.15. The van der Waals surface area contributed by atoms with Crippen molar-refractivity contribution >= 4 is 11.8 Å². The zero-order valence-corrected chi connectivity index (χ0v) is 14.4. The molecule has 136 valence electrons. The van der Waals surface area contributed by atoms with E-state index in [9.17, 15) is 9.59 Å². The minimum atomic E-state index is -0.699. The number of nitrogens with one attached hydrogen (secondary N) is 1. The molecule has 27 heavy (non-hydrogen) atoms. The number of amides is 2. The van der Waals surface area contributed by atoms with E-state index in [0.29, 0.717) is 29.1 Å². The number of aromatic nitrogens is 3. The Morgan fingerprint density at radius 2 is 1.96 bits per heavy atom. The van der Waals surface area contributed by atoms with E-state index >= 15 is 0 Å². The SMILES string of the molecule is NCc1ncc(-c2cccc(C(=O)NCc3cccnc3)c2)nc1C(N)=O. The Labute approximate surface area is 155 Å². The number of carbonyl (C=O) groups excluding carboxylic acids is 2. The molecule has 0 saturated heterocycles. The van der Waals surface area contributed by atoms with E-state index in [0.717, 1.165) is 5.56 Å². The van der Waals surface area contributed by atoms with Gasteiger partial charge in [-0.15, -0.1) is 0 Å². The van der Waals surface area contributed by atoms with Crippen molar-refractivity contribution in [1.29, 1.82) is 0 Å². The number of rotatable bonds is 6. The molecule has 0 atom stereocenters. The summed E-state index contributed by atoms with van der Waals surface area (Å²) in [5, 5.41) is 2.84. The maximum atomic E-state index is 12.4. The summed E-state index contributed by atoms with van der Waals surface area (Å²) < 4.78 is 0. The highest BCUT2D eigenvalue weighted by atomic mass is 16.2. The maximum Gasteiger partial charge on any atom is 0.269 e. The van der Waals surface area contributed by atoms with Gasteiger partial charge in [-0.25, -0.2) is 4.98 Å². The molecule has 0 saturated carbocycles. The first-order valence-electron chi connectivity index (χ1n) is 8.22. The molecule has 3 rings (SSSR count). The van der Waals surface area contributed by atoms with Crippen LogP contribution in [0.15, 0.2) is 55.0 Å². The van der Waals surface area contributed by atoms with E-state index in [1.165, 1.54) is 6.20 Å². The summed E-state index contributed by atoms with van der Waals surface area (Å²) in [5.74, 6) is -0.933. The summed E-state index contributed by atoms with van der Waals surface area (Å²) in [6.07, 6.45) is 4.87. The summed E-state index contributed by atoms with van der Waals surface area (Å²) in [4.78, 5) is 36.4.